The van der Waals surface area contributed by atoms with Crippen molar-refractivity contribution in [1.29, 1.82) is 0 Å². The zero-order valence-corrected chi connectivity index (χ0v) is 18.6. The first-order valence-electron chi connectivity index (χ1n) is 9.32. The van der Waals surface area contributed by atoms with E-state index in [4.69, 9.17) is 11.8 Å². The van der Waals surface area contributed by atoms with Crippen LogP contribution in [0.1, 0.15) is 12.8 Å². The van der Waals surface area contributed by atoms with E-state index in [1.807, 2.05) is 0 Å². The molecule has 0 spiro atoms. The van der Waals surface area contributed by atoms with Crippen molar-refractivity contribution < 1.29 is 31.7 Å². The summed E-state index contributed by atoms with van der Waals surface area (Å²) < 4.78 is 51.6. The van der Waals surface area contributed by atoms with Gasteiger partial charge in [-0.2, -0.15) is 4.31 Å². The Kier molecular flexibility index (Phi) is 6.82. The Morgan fingerprint density at radius 2 is 1.67 bits per heavy atom. The summed E-state index contributed by atoms with van der Waals surface area (Å²) in [6, 6.07) is 3.90. The molecule has 2 heterocycles. The van der Waals surface area contributed by atoms with Gasteiger partial charge in [0.1, 0.15) is 6.04 Å². The van der Waals surface area contributed by atoms with E-state index in [0.717, 1.165) is 10.6 Å². The smallest absolute Gasteiger partial charge is 0.426 e. The molecule has 1 aromatic rings. The first-order chi connectivity index (χ1) is 13.9. The standard InChI is InChI=1S/C16H23BClN3O7S2/c1-29(25,26)12-4-6-13(7-5-12)30(27,28)19-9-10-21(18)14(11-19)16(22)20-8-2-3-15(20)17(23)24/h4-7,14-15,23-24H,2-3,8-11H2,1H3/t14-,15-/m0/s1. The van der Waals surface area contributed by atoms with Crippen LogP contribution in [0.4, 0.5) is 0 Å². The van der Waals surface area contributed by atoms with Gasteiger partial charge in [-0.3, -0.25) is 4.79 Å². The molecule has 2 N–H and O–H groups in total. The molecule has 166 valence electrons. The molecule has 2 aliphatic rings. The van der Waals surface area contributed by atoms with Crippen molar-refractivity contribution in [3.8, 4) is 0 Å². The van der Waals surface area contributed by atoms with Crippen LogP contribution >= 0.6 is 11.8 Å². The molecular weight excluding hydrogens is 457 g/mol. The largest absolute Gasteiger partial charge is 0.475 e. The maximum absolute atomic E-state index is 13.0. The number of carbonyl (C=O) groups excluding carboxylic acids is 1. The highest BCUT2D eigenvalue weighted by Crippen LogP contribution is 2.26. The van der Waals surface area contributed by atoms with Crippen molar-refractivity contribution in [2.45, 2.75) is 34.6 Å². The molecular formula is C16H23BClN3O7S2. The second-order valence-electron chi connectivity index (χ2n) is 7.40. The number of halogens is 1. The second kappa shape index (κ2) is 8.73. The van der Waals surface area contributed by atoms with Crippen LogP contribution in [-0.2, 0) is 24.7 Å². The average Bonchev–Trinajstić information content (AvgIpc) is 3.17. The van der Waals surface area contributed by atoms with E-state index < -0.39 is 44.9 Å². The molecule has 0 saturated carbocycles. The summed E-state index contributed by atoms with van der Waals surface area (Å²) in [5.74, 6) is -1.22. The highest BCUT2D eigenvalue weighted by Gasteiger charge is 2.44. The summed E-state index contributed by atoms with van der Waals surface area (Å²) in [6.07, 6.45) is 2.08. The Morgan fingerprint density at radius 1 is 1.07 bits per heavy atom. The molecule has 3 rings (SSSR count). The number of piperazine rings is 1. The van der Waals surface area contributed by atoms with E-state index in [-0.39, 0.29) is 29.4 Å². The van der Waals surface area contributed by atoms with Crippen LogP contribution in [0.15, 0.2) is 34.1 Å². The van der Waals surface area contributed by atoms with Gasteiger partial charge in [0.05, 0.1) is 15.7 Å². The summed E-state index contributed by atoms with van der Waals surface area (Å²) in [6.45, 7) is 0.277. The van der Waals surface area contributed by atoms with Gasteiger partial charge < -0.3 is 14.9 Å². The number of hydrogen-bond donors (Lipinski definition) is 2. The molecule has 0 unspecified atom stereocenters. The molecule has 1 amide bonds. The van der Waals surface area contributed by atoms with E-state index in [9.17, 15) is 31.7 Å². The molecule has 30 heavy (non-hydrogen) atoms. The molecule has 14 heteroatoms. The Morgan fingerprint density at radius 3 is 2.23 bits per heavy atom. The normalized spacial score (nSPS) is 24.2. The van der Waals surface area contributed by atoms with E-state index in [1.165, 1.54) is 33.6 Å². The number of rotatable bonds is 5. The van der Waals surface area contributed by atoms with Gasteiger partial charge in [-0.15, -0.1) is 0 Å². The van der Waals surface area contributed by atoms with E-state index in [1.54, 1.807) is 0 Å². The molecule has 0 bridgehead atoms. The van der Waals surface area contributed by atoms with Gasteiger partial charge in [-0.1, -0.05) is 0 Å². The third kappa shape index (κ3) is 4.67. The first kappa shape index (κ1) is 23.4. The topological polar surface area (TPSA) is 136 Å². The molecule has 2 atom stereocenters. The Hall–Kier alpha value is -1.22. The minimum atomic E-state index is -3.98. The summed E-state index contributed by atoms with van der Waals surface area (Å²) in [4.78, 5) is 14.2. The fourth-order valence-electron chi connectivity index (χ4n) is 3.73. The molecule has 2 fully saturated rings. The zero-order valence-electron chi connectivity index (χ0n) is 16.3. The maximum atomic E-state index is 13.0. The van der Waals surface area contributed by atoms with Crippen LogP contribution < -0.4 is 0 Å². The fourth-order valence-corrected chi connectivity index (χ4v) is 6.02. The minimum Gasteiger partial charge on any atom is -0.426 e. The van der Waals surface area contributed by atoms with Gasteiger partial charge in [-0.05, 0) is 48.9 Å². The number of sulfone groups is 1. The van der Waals surface area contributed by atoms with Crippen LogP contribution in [0.3, 0.4) is 0 Å². The minimum absolute atomic E-state index is 0.00252. The molecule has 0 radical (unpaired) electrons. The summed E-state index contributed by atoms with van der Waals surface area (Å²) in [5, 5.41) is 19.0. The summed E-state index contributed by atoms with van der Waals surface area (Å²) >= 11 is 6.19. The van der Waals surface area contributed by atoms with Crippen LogP contribution in [-0.4, -0.2) is 98.0 Å². The predicted octanol–water partition coefficient (Wildman–Crippen LogP) is -1.08. The number of amides is 1. The number of sulfonamides is 1. The third-order valence-corrected chi connectivity index (χ3v) is 8.79. The number of carbonyl (C=O) groups is 1. The Bertz CT molecular complexity index is 1000. The van der Waals surface area contributed by atoms with Gasteiger partial charge in [0, 0.05) is 32.4 Å². The van der Waals surface area contributed by atoms with Crippen molar-refractivity contribution >= 4 is 44.7 Å². The van der Waals surface area contributed by atoms with Crippen molar-refractivity contribution in [3.05, 3.63) is 24.3 Å². The lowest BCUT2D eigenvalue weighted by molar-refractivity contribution is -0.136. The second-order valence-corrected chi connectivity index (χ2v) is 11.8. The van der Waals surface area contributed by atoms with E-state index in [0.29, 0.717) is 19.4 Å². The maximum Gasteiger partial charge on any atom is 0.475 e. The van der Waals surface area contributed by atoms with Crippen molar-refractivity contribution in [2.24, 2.45) is 0 Å². The number of benzene rings is 1. The highest BCUT2D eigenvalue weighted by molar-refractivity contribution is 7.90. The van der Waals surface area contributed by atoms with Crippen molar-refractivity contribution in [3.63, 3.8) is 0 Å². The molecule has 0 aromatic heterocycles. The number of likely N-dealkylation sites (tertiary alicyclic amines) is 1. The quantitative estimate of drug-likeness (QED) is 0.402. The Balaban J connectivity index is 1.81. The van der Waals surface area contributed by atoms with Crippen LogP contribution in [0.5, 0.6) is 0 Å². The summed E-state index contributed by atoms with van der Waals surface area (Å²) in [5.41, 5.74) is 0. The van der Waals surface area contributed by atoms with Crippen molar-refractivity contribution in [1.82, 2.24) is 13.6 Å². The lowest BCUT2D eigenvalue weighted by atomic mass is 9.77. The lowest BCUT2D eigenvalue weighted by Crippen LogP contribution is -2.59. The predicted molar refractivity (Wildman–Crippen MR) is 110 cm³/mol. The average molecular weight is 480 g/mol. The van der Waals surface area contributed by atoms with Gasteiger partial charge in [0.15, 0.2) is 9.84 Å². The van der Waals surface area contributed by atoms with Crippen LogP contribution in [0.2, 0.25) is 0 Å². The monoisotopic (exact) mass is 479 g/mol. The molecule has 10 nitrogen and oxygen atoms in total. The first-order valence-corrected chi connectivity index (χ1v) is 13.0. The zero-order chi connectivity index (χ0) is 22.3. The van der Waals surface area contributed by atoms with Gasteiger partial charge in [0.2, 0.25) is 15.9 Å². The van der Waals surface area contributed by atoms with Crippen LogP contribution in [0.25, 0.3) is 0 Å². The third-order valence-electron chi connectivity index (χ3n) is 5.38. The molecule has 0 aliphatic carbocycles. The number of nitrogens with zero attached hydrogens (tertiary/aromatic N) is 3. The Labute approximate surface area is 181 Å². The van der Waals surface area contributed by atoms with E-state index in [2.05, 4.69) is 0 Å². The fraction of sp³-hybridized carbons (Fsp3) is 0.562. The lowest BCUT2D eigenvalue weighted by Gasteiger charge is -2.38. The molecule has 2 saturated heterocycles. The molecule has 1 aromatic carbocycles. The van der Waals surface area contributed by atoms with Gasteiger partial charge in [0.25, 0.3) is 0 Å². The van der Waals surface area contributed by atoms with E-state index >= 15 is 0 Å². The summed E-state index contributed by atoms with van der Waals surface area (Å²) in [7, 11) is -9.13. The SMILES string of the molecule is CS(=O)(=O)c1ccc(S(=O)(=O)N2CCN(Cl)[C@H](C(=O)N3CCC[C@H]3B(O)O)C2)cc1. The van der Waals surface area contributed by atoms with Gasteiger partial charge >= 0.3 is 7.12 Å². The molecule has 2 aliphatic heterocycles. The number of hydrogen-bond acceptors (Lipinski definition) is 8. The van der Waals surface area contributed by atoms with Gasteiger partial charge in [-0.25, -0.2) is 21.3 Å². The van der Waals surface area contributed by atoms with Crippen LogP contribution in [0, 0.1) is 0 Å². The highest BCUT2D eigenvalue weighted by atomic mass is 35.5. The van der Waals surface area contributed by atoms with Crippen molar-refractivity contribution in [2.75, 3.05) is 32.4 Å².